The molecule has 0 atom stereocenters. The summed E-state index contributed by atoms with van der Waals surface area (Å²) in [5.74, 6) is 7.71. The lowest BCUT2D eigenvalue weighted by molar-refractivity contribution is -0.140. The average Bonchev–Trinajstić information content (AvgIpc) is 2.68. The van der Waals surface area contributed by atoms with Gasteiger partial charge in [0.05, 0.1) is 28.4 Å². The number of methoxy groups -OCH3 is 4. The number of unbranched alkanes of at least 4 members (excludes halogenated alkanes) is 2. The highest BCUT2D eigenvalue weighted by atomic mass is 16.5. The number of esters is 1. The van der Waals surface area contributed by atoms with E-state index in [0.29, 0.717) is 35.8 Å². The van der Waals surface area contributed by atoms with Gasteiger partial charge in [-0.05, 0) is 30.9 Å². The lowest BCUT2D eigenvalue weighted by atomic mass is 10.1. The van der Waals surface area contributed by atoms with E-state index in [2.05, 4.69) is 21.6 Å². The highest BCUT2D eigenvalue weighted by Gasteiger charge is 2.17. The number of hydrogen-bond acceptors (Lipinski definition) is 6. The van der Waals surface area contributed by atoms with Crippen LogP contribution in [-0.2, 0) is 9.53 Å². The number of benzene rings is 1. The van der Waals surface area contributed by atoms with Gasteiger partial charge < -0.3 is 18.9 Å². The summed E-state index contributed by atoms with van der Waals surface area (Å²) >= 11 is 0. The second-order valence-corrected chi connectivity index (χ2v) is 5.49. The van der Waals surface area contributed by atoms with Crippen molar-refractivity contribution in [2.75, 3.05) is 28.4 Å². The Labute approximate surface area is 153 Å². The number of carbonyl (C=O) groups excluding carboxylic acids is 1. The van der Waals surface area contributed by atoms with E-state index in [1.165, 1.54) is 7.11 Å². The van der Waals surface area contributed by atoms with Crippen molar-refractivity contribution in [2.24, 2.45) is 0 Å². The SMILES string of the molecule is COC(=O)CCCCC#Cc1nccc2c(OC)c(OC)c(OC)cc12. The van der Waals surface area contributed by atoms with Crippen molar-refractivity contribution in [1.82, 2.24) is 4.98 Å². The van der Waals surface area contributed by atoms with Gasteiger partial charge in [0.2, 0.25) is 5.75 Å². The maximum absolute atomic E-state index is 11.1. The summed E-state index contributed by atoms with van der Waals surface area (Å²) in [7, 11) is 6.13. The molecule has 0 radical (unpaired) electrons. The molecule has 0 aliphatic rings. The molecular formula is C20H23NO5. The number of rotatable bonds is 7. The number of aromatic nitrogens is 1. The predicted octanol–water partition coefficient (Wildman–Crippen LogP) is 3.35. The van der Waals surface area contributed by atoms with Gasteiger partial charge in [0.25, 0.3) is 0 Å². The van der Waals surface area contributed by atoms with Crippen LogP contribution in [0.15, 0.2) is 18.3 Å². The summed E-state index contributed by atoms with van der Waals surface area (Å²) in [6.45, 7) is 0. The smallest absolute Gasteiger partial charge is 0.305 e. The minimum Gasteiger partial charge on any atom is -0.493 e. The second-order valence-electron chi connectivity index (χ2n) is 5.49. The van der Waals surface area contributed by atoms with E-state index in [1.54, 1.807) is 27.5 Å². The summed E-state index contributed by atoms with van der Waals surface area (Å²) < 4.78 is 21.0. The molecule has 0 spiro atoms. The zero-order valence-corrected chi connectivity index (χ0v) is 15.5. The molecule has 2 rings (SSSR count). The van der Waals surface area contributed by atoms with Crippen LogP contribution in [0.3, 0.4) is 0 Å². The Bertz CT molecular complexity index is 835. The molecule has 1 aromatic carbocycles. The first kappa shape index (κ1) is 19.4. The summed E-state index contributed by atoms with van der Waals surface area (Å²) in [4.78, 5) is 15.5. The second kappa shape index (κ2) is 9.52. The van der Waals surface area contributed by atoms with Crippen LogP contribution in [0.4, 0.5) is 0 Å². The van der Waals surface area contributed by atoms with Gasteiger partial charge in [-0.1, -0.05) is 5.92 Å². The summed E-state index contributed by atoms with van der Waals surface area (Å²) in [6.07, 6.45) is 4.37. The van der Waals surface area contributed by atoms with Crippen molar-refractivity contribution in [1.29, 1.82) is 0 Å². The third-order valence-corrected chi connectivity index (χ3v) is 3.94. The number of ether oxygens (including phenoxy) is 4. The van der Waals surface area contributed by atoms with Gasteiger partial charge in [0, 0.05) is 29.8 Å². The minimum atomic E-state index is -0.193. The Balaban J connectivity index is 2.27. The van der Waals surface area contributed by atoms with E-state index in [4.69, 9.17) is 14.2 Å². The molecule has 0 saturated carbocycles. The van der Waals surface area contributed by atoms with Gasteiger partial charge in [-0.15, -0.1) is 0 Å². The van der Waals surface area contributed by atoms with E-state index in [-0.39, 0.29) is 5.97 Å². The molecule has 1 heterocycles. The van der Waals surface area contributed by atoms with Crippen LogP contribution in [0.25, 0.3) is 10.8 Å². The molecule has 0 saturated heterocycles. The van der Waals surface area contributed by atoms with Crippen LogP contribution < -0.4 is 14.2 Å². The maximum Gasteiger partial charge on any atom is 0.305 e. The first-order valence-corrected chi connectivity index (χ1v) is 8.29. The van der Waals surface area contributed by atoms with Crippen LogP contribution in [0.5, 0.6) is 17.2 Å². The summed E-state index contributed by atoms with van der Waals surface area (Å²) in [5, 5.41) is 1.69. The lowest BCUT2D eigenvalue weighted by Gasteiger charge is -2.15. The van der Waals surface area contributed by atoms with Crippen molar-refractivity contribution < 1.29 is 23.7 Å². The number of hydrogen-bond donors (Lipinski definition) is 0. The number of fused-ring (bicyclic) bond motifs is 1. The molecule has 6 heteroatoms. The molecule has 0 fully saturated rings. The number of nitrogens with zero attached hydrogens (tertiary/aromatic N) is 1. The van der Waals surface area contributed by atoms with Crippen LogP contribution >= 0.6 is 0 Å². The van der Waals surface area contributed by atoms with Gasteiger partial charge in [-0.2, -0.15) is 0 Å². The van der Waals surface area contributed by atoms with Gasteiger partial charge >= 0.3 is 5.97 Å². The molecule has 2 aromatic rings. The van der Waals surface area contributed by atoms with Crippen molar-refractivity contribution in [3.05, 3.63) is 24.0 Å². The monoisotopic (exact) mass is 357 g/mol. The predicted molar refractivity (Wildman–Crippen MR) is 98.8 cm³/mol. The molecule has 0 N–H and O–H groups in total. The number of pyridine rings is 1. The molecule has 0 aliphatic heterocycles. The fourth-order valence-electron chi connectivity index (χ4n) is 2.63. The Morgan fingerprint density at radius 3 is 2.46 bits per heavy atom. The molecular weight excluding hydrogens is 334 g/mol. The van der Waals surface area contributed by atoms with E-state index in [1.807, 2.05) is 12.1 Å². The topological polar surface area (TPSA) is 66.9 Å². The van der Waals surface area contributed by atoms with Crippen molar-refractivity contribution >= 4 is 16.7 Å². The molecule has 26 heavy (non-hydrogen) atoms. The van der Waals surface area contributed by atoms with E-state index >= 15 is 0 Å². The Morgan fingerprint density at radius 1 is 1.04 bits per heavy atom. The molecule has 138 valence electrons. The molecule has 0 amide bonds. The molecule has 0 unspecified atom stereocenters. The Kier molecular flexibility index (Phi) is 7.10. The van der Waals surface area contributed by atoms with Crippen LogP contribution in [-0.4, -0.2) is 39.4 Å². The van der Waals surface area contributed by atoms with Crippen molar-refractivity contribution in [3.8, 4) is 29.1 Å². The Morgan fingerprint density at radius 2 is 1.81 bits per heavy atom. The average molecular weight is 357 g/mol. The number of carbonyl (C=O) groups is 1. The van der Waals surface area contributed by atoms with Crippen LogP contribution in [0.1, 0.15) is 31.4 Å². The first-order valence-electron chi connectivity index (χ1n) is 8.29. The normalized spacial score (nSPS) is 10.0. The molecule has 0 bridgehead atoms. The van der Waals surface area contributed by atoms with E-state index < -0.39 is 0 Å². The van der Waals surface area contributed by atoms with Gasteiger partial charge in [-0.25, -0.2) is 4.98 Å². The molecule has 1 aromatic heterocycles. The van der Waals surface area contributed by atoms with Crippen molar-refractivity contribution in [3.63, 3.8) is 0 Å². The quantitative estimate of drug-likeness (QED) is 0.430. The fourth-order valence-corrected chi connectivity index (χ4v) is 2.63. The largest absolute Gasteiger partial charge is 0.493 e. The first-order chi connectivity index (χ1) is 12.7. The minimum absolute atomic E-state index is 0.193. The van der Waals surface area contributed by atoms with Gasteiger partial charge in [-0.3, -0.25) is 4.79 Å². The molecule has 6 nitrogen and oxygen atoms in total. The van der Waals surface area contributed by atoms with Crippen molar-refractivity contribution in [2.45, 2.75) is 25.7 Å². The standard InChI is InChI=1S/C20H23NO5/c1-23-17-13-15-14(19(25-3)20(17)26-4)11-12-21-16(15)9-7-5-6-8-10-18(22)24-2/h11-13H,5-6,8,10H2,1-4H3. The fraction of sp³-hybridized carbons (Fsp3) is 0.400. The summed E-state index contributed by atoms with van der Waals surface area (Å²) in [5.41, 5.74) is 0.648. The van der Waals surface area contributed by atoms with Crippen LogP contribution in [0, 0.1) is 11.8 Å². The highest BCUT2D eigenvalue weighted by Crippen LogP contribution is 2.43. The summed E-state index contributed by atoms with van der Waals surface area (Å²) in [6, 6.07) is 3.71. The van der Waals surface area contributed by atoms with E-state index in [9.17, 15) is 4.79 Å². The maximum atomic E-state index is 11.1. The lowest BCUT2D eigenvalue weighted by Crippen LogP contribution is -1.98. The third-order valence-electron chi connectivity index (χ3n) is 3.94. The zero-order chi connectivity index (χ0) is 18.9. The molecule has 0 aliphatic carbocycles. The van der Waals surface area contributed by atoms with Gasteiger partial charge in [0.15, 0.2) is 11.5 Å². The van der Waals surface area contributed by atoms with Crippen LogP contribution in [0.2, 0.25) is 0 Å². The third kappa shape index (κ3) is 4.37. The Hall–Kier alpha value is -2.94. The highest BCUT2D eigenvalue weighted by molar-refractivity contribution is 5.95. The van der Waals surface area contributed by atoms with E-state index in [0.717, 1.165) is 23.6 Å². The zero-order valence-electron chi connectivity index (χ0n) is 15.5. The van der Waals surface area contributed by atoms with Gasteiger partial charge in [0.1, 0.15) is 5.69 Å².